The van der Waals surface area contributed by atoms with E-state index in [1.165, 1.54) is 21.7 Å². The second kappa shape index (κ2) is 8.15. The Hall–Kier alpha value is -5.22. The SMILES string of the molecule is [c-]1cccc[n+]1-c1cccc(-n2c3ccccc3c3ccc(-n4c5ccccc5c5cccnc54)cc32)c1. The number of hydrogen-bond donors (Lipinski definition) is 0. The molecule has 0 unspecified atom stereocenters. The maximum atomic E-state index is 4.79. The molecule has 0 radical (unpaired) electrons. The monoisotopic (exact) mass is 486 g/mol. The molecule has 0 aliphatic carbocycles. The van der Waals surface area contributed by atoms with Crippen LogP contribution >= 0.6 is 0 Å². The molecule has 4 aromatic carbocycles. The molecule has 0 saturated heterocycles. The lowest BCUT2D eigenvalue weighted by Crippen LogP contribution is -2.29. The van der Waals surface area contributed by atoms with Gasteiger partial charge < -0.3 is 4.57 Å². The van der Waals surface area contributed by atoms with E-state index in [0.717, 1.165) is 39.1 Å². The summed E-state index contributed by atoms with van der Waals surface area (Å²) in [6.45, 7) is 0. The quantitative estimate of drug-likeness (QED) is 0.189. The summed E-state index contributed by atoms with van der Waals surface area (Å²) in [7, 11) is 0. The van der Waals surface area contributed by atoms with E-state index in [9.17, 15) is 0 Å². The summed E-state index contributed by atoms with van der Waals surface area (Å²) in [5.74, 6) is 0. The van der Waals surface area contributed by atoms with Crippen molar-refractivity contribution >= 4 is 43.7 Å². The molecule has 0 atom stereocenters. The lowest BCUT2D eigenvalue weighted by Gasteiger charge is -2.12. The molecule has 4 heteroatoms. The first-order chi connectivity index (χ1) is 18.9. The Balaban J connectivity index is 1.43. The summed E-state index contributed by atoms with van der Waals surface area (Å²) in [5, 5.41) is 4.83. The molecule has 38 heavy (non-hydrogen) atoms. The number of rotatable bonds is 3. The fourth-order valence-electron chi connectivity index (χ4n) is 5.73. The molecule has 8 rings (SSSR count). The Labute approximate surface area is 219 Å². The third-order valence-corrected chi connectivity index (χ3v) is 7.37. The summed E-state index contributed by atoms with van der Waals surface area (Å²) >= 11 is 0. The van der Waals surface area contributed by atoms with Crippen LogP contribution in [-0.2, 0) is 0 Å². The van der Waals surface area contributed by atoms with E-state index in [-0.39, 0.29) is 0 Å². The Kier molecular flexibility index (Phi) is 4.49. The minimum atomic E-state index is 0.966. The number of pyridine rings is 2. The molecule has 4 nitrogen and oxygen atoms in total. The van der Waals surface area contributed by atoms with Crippen molar-refractivity contribution < 1.29 is 4.57 Å². The molecule has 0 spiro atoms. The van der Waals surface area contributed by atoms with Crippen LogP contribution in [0.1, 0.15) is 0 Å². The van der Waals surface area contributed by atoms with Crippen LogP contribution in [0.2, 0.25) is 0 Å². The second-order valence-corrected chi connectivity index (χ2v) is 9.50. The van der Waals surface area contributed by atoms with Gasteiger partial charge in [0.05, 0.1) is 22.7 Å². The summed E-state index contributed by atoms with van der Waals surface area (Å²) < 4.78 is 6.66. The van der Waals surface area contributed by atoms with Gasteiger partial charge in [-0.15, -0.1) is 6.07 Å². The first-order valence-electron chi connectivity index (χ1n) is 12.7. The fourth-order valence-corrected chi connectivity index (χ4v) is 5.73. The van der Waals surface area contributed by atoms with Crippen LogP contribution in [0.4, 0.5) is 0 Å². The molecule has 0 aliphatic heterocycles. The Morgan fingerprint density at radius 1 is 0.553 bits per heavy atom. The summed E-state index contributed by atoms with van der Waals surface area (Å²) in [6.07, 6.45) is 7.19. The predicted molar refractivity (Wildman–Crippen MR) is 153 cm³/mol. The van der Waals surface area contributed by atoms with Crippen LogP contribution < -0.4 is 4.57 Å². The van der Waals surface area contributed by atoms with Gasteiger partial charge >= 0.3 is 0 Å². The van der Waals surface area contributed by atoms with Gasteiger partial charge in [0.1, 0.15) is 11.3 Å². The van der Waals surface area contributed by atoms with Crippen molar-refractivity contribution in [3.8, 4) is 17.1 Å². The minimum absolute atomic E-state index is 0.966. The van der Waals surface area contributed by atoms with Crippen LogP contribution in [0.25, 0.3) is 60.8 Å². The van der Waals surface area contributed by atoms with E-state index in [4.69, 9.17) is 4.98 Å². The first kappa shape index (κ1) is 20.9. The summed E-state index contributed by atoms with van der Waals surface area (Å²) in [5.41, 5.74) is 7.72. The number of fused-ring (bicyclic) bond motifs is 6. The maximum Gasteiger partial charge on any atom is 0.152 e. The highest BCUT2D eigenvalue weighted by Crippen LogP contribution is 2.36. The van der Waals surface area contributed by atoms with Crippen molar-refractivity contribution in [1.82, 2.24) is 14.1 Å². The summed E-state index contributed by atoms with van der Waals surface area (Å²) in [4.78, 5) is 4.79. The molecule has 0 fully saturated rings. The molecule has 0 saturated carbocycles. The van der Waals surface area contributed by atoms with E-state index in [2.05, 4.69) is 112 Å². The molecule has 4 aromatic heterocycles. The largest absolute Gasteiger partial charge is 0.310 e. The van der Waals surface area contributed by atoms with Crippen molar-refractivity contribution in [2.24, 2.45) is 0 Å². The summed E-state index contributed by atoms with van der Waals surface area (Å²) in [6, 6.07) is 42.6. The van der Waals surface area contributed by atoms with Gasteiger partial charge in [-0.3, -0.25) is 9.13 Å². The fraction of sp³-hybridized carbons (Fsp3) is 0. The van der Waals surface area contributed by atoms with E-state index in [1.807, 2.05) is 41.2 Å². The van der Waals surface area contributed by atoms with Gasteiger partial charge in [-0.25, -0.2) is 4.98 Å². The maximum absolute atomic E-state index is 4.79. The van der Waals surface area contributed by atoms with Crippen LogP contribution in [0.3, 0.4) is 0 Å². The lowest BCUT2D eigenvalue weighted by atomic mass is 10.1. The van der Waals surface area contributed by atoms with E-state index >= 15 is 0 Å². The zero-order chi connectivity index (χ0) is 25.1. The molecular formula is C34H22N4. The van der Waals surface area contributed by atoms with Crippen molar-refractivity contribution in [3.05, 3.63) is 140 Å². The normalized spacial score (nSPS) is 11.7. The highest BCUT2D eigenvalue weighted by molar-refractivity contribution is 6.11. The van der Waals surface area contributed by atoms with Crippen LogP contribution in [-0.4, -0.2) is 14.1 Å². The van der Waals surface area contributed by atoms with Crippen LogP contribution in [0, 0.1) is 6.20 Å². The number of benzene rings is 4. The van der Waals surface area contributed by atoms with Crippen molar-refractivity contribution in [1.29, 1.82) is 0 Å². The standard InChI is InChI=1S/C34H22N4/c1-6-20-36(21-7-1)24-10-8-11-25(22-24)37-31-15-4-2-12-27(31)29-18-17-26(23-33(29)37)38-32-16-5-3-13-28(32)30-14-9-19-35-34(30)38/h1-20,22-23H. The zero-order valence-electron chi connectivity index (χ0n) is 20.5. The van der Waals surface area contributed by atoms with E-state index in [0.29, 0.717) is 0 Å². The highest BCUT2D eigenvalue weighted by atomic mass is 15.1. The average Bonchev–Trinajstić information content (AvgIpc) is 3.50. The Morgan fingerprint density at radius 2 is 1.29 bits per heavy atom. The molecule has 0 aliphatic rings. The predicted octanol–water partition coefficient (Wildman–Crippen LogP) is 7.35. The van der Waals surface area contributed by atoms with Gasteiger partial charge in [0.25, 0.3) is 0 Å². The molecular weight excluding hydrogens is 464 g/mol. The van der Waals surface area contributed by atoms with Gasteiger partial charge in [-0.2, -0.15) is 0 Å². The smallest absolute Gasteiger partial charge is 0.152 e. The molecule has 178 valence electrons. The van der Waals surface area contributed by atoms with E-state index < -0.39 is 0 Å². The third kappa shape index (κ3) is 3.04. The topological polar surface area (TPSA) is 26.6 Å². The van der Waals surface area contributed by atoms with Crippen molar-refractivity contribution in [2.75, 3.05) is 0 Å². The van der Waals surface area contributed by atoms with E-state index in [1.54, 1.807) is 0 Å². The molecule has 0 N–H and O–H groups in total. The number of hydrogen-bond acceptors (Lipinski definition) is 1. The van der Waals surface area contributed by atoms with Crippen LogP contribution in [0.15, 0.2) is 134 Å². The second-order valence-electron chi connectivity index (χ2n) is 9.50. The highest BCUT2D eigenvalue weighted by Gasteiger charge is 2.17. The minimum Gasteiger partial charge on any atom is -0.310 e. The number of nitrogens with zero attached hydrogens (tertiary/aromatic N) is 4. The van der Waals surface area contributed by atoms with Gasteiger partial charge in [0, 0.05) is 39.1 Å². The molecule has 0 bridgehead atoms. The average molecular weight is 487 g/mol. The van der Waals surface area contributed by atoms with Gasteiger partial charge in [-0.05, 0) is 54.6 Å². The molecule has 0 amide bonds. The van der Waals surface area contributed by atoms with Gasteiger partial charge in [0.2, 0.25) is 0 Å². The molecule has 8 aromatic rings. The van der Waals surface area contributed by atoms with Gasteiger partial charge in [0.15, 0.2) is 6.20 Å². The van der Waals surface area contributed by atoms with Gasteiger partial charge in [-0.1, -0.05) is 60.7 Å². The molecule has 4 heterocycles. The first-order valence-corrected chi connectivity index (χ1v) is 12.7. The number of aromatic nitrogens is 4. The lowest BCUT2D eigenvalue weighted by molar-refractivity contribution is -0.600. The van der Waals surface area contributed by atoms with Crippen LogP contribution in [0.5, 0.6) is 0 Å². The Bertz CT molecular complexity index is 2080. The van der Waals surface area contributed by atoms with Crippen molar-refractivity contribution in [2.45, 2.75) is 0 Å². The van der Waals surface area contributed by atoms with Crippen molar-refractivity contribution in [3.63, 3.8) is 0 Å². The zero-order valence-corrected chi connectivity index (χ0v) is 20.5. The number of para-hydroxylation sites is 2. The third-order valence-electron chi connectivity index (χ3n) is 7.37. The Morgan fingerprint density at radius 3 is 2.13 bits per heavy atom.